The van der Waals surface area contributed by atoms with Crippen LogP contribution >= 0.6 is 0 Å². The first-order valence-electron chi connectivity index (χ1n) is 7.13. The van der Waals surface area contributed by atoms with Crippen molar-refractivity contribution in [3.05, 3.63) is 0 Å². The Bertz CT molecular complexity index is 267. The maximum atomic E-state index is 11.1. The van der Waals surface area contributed by atoms with Gasteiger partial charge < -0.3 is 10.0 Å². The van der Waals surface area contributed by atoms with Crippen molar-refractivity contribution >= 4 is 0 Å². The summed E-state index contributed by atoms with van der Waals surface area (Å²) in [7, 11) is 0. The summed E-state index contributed by atoms with van der Waals surface area (Å²) in [5, 5.41) is 11.1. The predicted octanol–water partition coefficient (Wildman–Crippen LogP) is 2.27. The fourth-order valence-corrected chi connectivity index (χ4v) is 4.41. The average Bonchev–Trinajstić information content (AvgIpc) is 2.69. The van der Waals surface area contributed by atoms with Crippen molar-refractivity contribution in [2.75, 3.05) is 19.6 Å². The van der Waals surface area contributed by atoms with Gasteiger partial charge in [0.1, 0.15) is 0 Å². The molecule has 2 aliphatic heterocycles. The molecule has 16 heavy (non-hydrogen) atoms. The lowest BCUT2D eigenvalue weighted by molar-refractivity contribution is -0.105. The van der Waals surface area contributed by atoms with Gasteiger partial charge >= 0.3 is 0 Å². The molecule has 3 rings (SSSR count). The van der Waals surface area contributed by atoms with Gasteiger partial charge in [0.2, 0.25) is 0 Å². The van der Waals surface area contributed by atoms with Crippen LogP contribution in [0.15, 0.2) is 0 Å². The fraction of sp³-hybridized carbons (Fsp3) is 1.00. The molecule has 2 heteroatoms. The fourth-order valence-electron chi connectivity index (χ4n) is 4.41. The van der Waals surface area contributed by atoms with Crippen molar-refractivity contribution in [1.29, 1.82) is 0 Å². The average molecular weight is 223 g/mol. The second kappa shape index (κ2) is 3.99. The highest BCUT2D eigenvalue weighted by atomic mass is 16.3. The zero-order chi connectivity index (χ0) is 11.2. The van der Waals surface area contributed by atoms with E-state index in [0.29, 0.717) is 11.8 Å². The third-order valence-electron chi connectivity index (χ3n) is 5.45. The van der Waals surface area contributed by atoms with E-state index in [2.05, 4.69) is 11.8 Å². The molecule has 2 bridgehead atoms. The summed E-state index contributed by atoms with van der Waals surface area (Å²) in [6.45, 7) is 5.90. The van der Waals surface area contributed by atoms with Gasteiger partial charge in [0.25, 0.3) is 0 Å². The van der Waals surface area contributed by atoms with Crippen LogP contribution in [0.2, 0.25) is 0 Å². The Labute approximate surface area is 99.0 Å². The summed E-state index contributed by atoms with van der Waals surface area (Å²) < 4.78 is 0. The lowest BCUT2D eigenvalue weighted by Crippen LogP contribution is -2.52. The standard InChI is InChI=1S/C14H25NO/c1-11-3-2-4-12(9-11)14(16)6-8-15-7-5-13(14)10-15/h11-13,16H,2-10H2,1H3. The second-order valence-corrected chi connectivity index (χ2v) is 6.50. The van der Waals surface area contributed by atoms with Crippen LogP contribution < -0.4 is 0 Å². The number of rotatable bonds is 1. The molecule has 2 nitrogen and oxygen atoms in total. The molecule has 3 aliphatic rings. The molecular formula is C14H25NO. The van der Waals surface area contributed by atoms with Crippen LogP contribution in [0.3, 0.4) is 0 Å². The van der Waals surface area contributed by atoms with Gasteiger partial charge in [-0.1, -0.05) is 19.8 Å². The lowest BCUT2D eigenvalue weighted by atomic mass is 9.66. The van der Waals surface area contributed by atoms with E-state index < -0.39 is 0 Å². The van der Waals surface area contributed by atoms with Crippen LogP contribution in [-0.2, 0) is 0 Å². The molecule has 3 fully saturated rings. The summed E-state index contributed by atoms with van der Waals surface area (Å²) in [4.78, 5) is 2.53. The molecular weight excluding hydrogens is 198 g/mol. The van der Waals surface area contributed by atoms with Crippen LogP contribution in [0, 0.1) is 17.8 Å². The number of hydrogen-bond acceptors (Lipinski definition) is 2. The van der Waals surface area contributed by atoms with Gasteiger partial charge in [-0.05, 0) is 44.1 Å². The van der Waals surface area contributed by atoms with Crippen molar-refractivity contribution in [3.63, 3.8) is 0 Å². The van der Waals surface area contributed by atoms with Gasteiger partial charge in [0.15, 0.2) is 0 Å². The number of piperidine rings is 1. The van der Waals surface area contributed by atoms with Crippen LogP contribution in [0.4, 0.5) is 0 Å². The Hall–Kier alpha value is -0.0800. The topological polar surface area (TPSA) is 23.5 Å². The van der Waals surface area contributed by atoms with Gasteiger partial charge in [0, 0.05) is 19.0 Å². The minimum atomic E-state index is -0.304. The Kier molecular flexibility index (Phi) is 2.75. The Morgan fingerprint density at radius 2 is 2.00 bits per heavy atom. The Morgan fingerprint density at radius 3 is 2.81 bits per heavy atom. The van der Waals surface area contributed by atoms with Gasteiger partial charge in [0.05, 0.1) is 5.60 Å². The van der Waals surface area contributed by atoms with Crippen LogP contribution in [-0.4, -0.2) is 35.2 Å². The molecule has 2 heterocycles. The molecule has 0 spiro atoms. The van der Waals surface area contributed by atoms with E-state index in [1.54, 1.807) is 0 Å². The smallest absolute Gasteiger partial charge is 0.0728 e. The van der Waals surface area contributed by atoms with Gasteiger partial charge in [-0.2, -0.15) is 0 Å². The van der Waals surface area contributed by atoms with Crippen LogP contribution in [0.1, 0.15) is 45.4 Å². The molecule has 5 atom stereocenters. The van der Waals surface area contributed by atoms with Crippen molar-refractivity contribution in [3.8, 4) is 0 Å². The molecule has 5 unspecified atom stereocenters. The first kappa shape index (κ1) is 11.0. The first-order valence-corrected chi connectivity index (χ1v) is 7.13. The maximum Gasteiger partial charge on any atom is 0.0728 e. The molecule has 1 N–H and O–H groups in total. The van der Waals surface area contributed by atoms with E-state index in [9.17, 15) is 5.11 Å². The van der Waals surface area contributed by atoms with E-state index in [-0.39, 0.29) is 5.60 Å². The minimum absolute atomic E-state index is 0.304. The summed E-state index contributed by atoms with van der Waals surface area (Å²) in [5.41, 5.74) is -0.304. The molecule has 2 saturated heterocycles. The normalized spacial score (nSPS) is 52.9. The van der Waals surface area contributed by atoms with E-state index >= 15 is 0 Å². The van der Waals surface area contributed by atoms with E-state index in [1.165, 1.54) is 45.2 Å². The van der Waals surface area contributed by atoms with Crippen LogP contribution in [0.25, 0.3) is 0 Å². The summed E-state index contributed by atoms with van der Waals surface area (Å²) in [6, 6.07) is 0. The van der Waals surface area contributed by atoms with Crippen molar-refractivity contribution in [2.24, 2.45) is 17.8 Å². The molecule has 0 radical (unpaired) electrons. The van der Waals surface area contributed by atoms with Gasteiger partial charge in [-0.15, -0.1) is 0 Å². The van der Waals surface area contributed by atoms with Crippen molar-refractivity contribution in [1.82, 2.24) is 4.90 Å². The first-order chi connectivity index (χ1) is 7.68. The molecule has 0 aromatic rings. The molecule has 92 valence electrons. The van der Waals surface area contributed by atoms with Crippen LogP contribution in [0.5, 0.6) is 0 Å². The number of aliphatic hydroxyl groups is 1. The SMILES string of the molecule is CC1CCCC(C2(O)CCN3CCC2C3)C1. The molecule has 1 saturated carbocycles. The van der Waals surface area contributed by atoms with Crippen molar-refractivity contribution in [2.45, 2.75) is 51.0 Å². The molecule has 0 amide bonds. The second-order valence-electron chi connectivity index (χ2n) is 6.50. The highest BCUT2D eigenvalue weighted by Gasteiger charge is 2.49. The third-order valence-corrected chi connectivity index (χ3v) is 5.45. The summed E-state index contributed by atoms with van der Waals surface area (Å²) in [5.74, 6) is 2.01. The quantitative estimate of drug-likeness (QED) is 0.737. The van der Waals surface area contributed by atoms with E-state index in [4.69, 9.17) is 0 Å². The minimum Gasteiger partial charge on any atom is -0.389 e. The van der Waals surface area contributed by atoms with E-state index in [0.717, 1.165) is 18.9 Å². The third kappa shape index (κ3) is 1.70. The Morgan fingerprint density at radius 1 is 1.12 bits per heavy atom. The highest BCUT2D eigenvalue weighted by Crippen LogP contribution is 2.46. The van der Waals surface area contributed by atoms with Gasteiger partial charge in [-0.25, -0.2) is 0 Å². The number of fused-ring (bicyclic) bond motifs is 2. The summed E-state index contributed by atoms with van der Waals surface area (Å²) in [6.07, 6.45) is 7.54. The monoisotopic (exact) mass is 223 g/mol. The van der Waals surface area contributed by atoms with Gasteiger partial charge in [-0.3, -0.25) is 0 Å². The predicted molar refractivity (Wildman–Crippen MR) is 65.2 cm³/mol. The molecule has 1 aliphatic carbocycles. The molecule has 0 aromatic heterocycles. The lowest BCUT2D eigenvalue weighted by Gasteiger charge is -2.46. The summed E-state index contributed by atoms with van der Waals surface area (Å²) >= 11 is 0. The highest BCUT2D eigenvalue weighted by molar-refractivity contribution is 5.02. The Balaban J connectivity index is 1.75. The molecule has 0 aromatic carbocycles. The zero-order valence-corrected chi connectivity index (χ0v) is 10.5. The number of nitrogens with zero attached hydrogens (tertiary/aromatic N) is 1. The maximum absolute atomic E-state index is 11.1. The zero-order valence-electron chi connectivity index (χ0n) is 10.5. The van der Waals surface area contributed by atoms with E-state index in [1.807, 2.05) is 0 Å². The largest absolute Gasteiger partial charge is 0.389 e. The van der Waals surface area contributed by atoms with Crippen molar-refractivity contribution < 1.29 is 5.11 Å². The number of hydrogen-bond donors (Lipinski definition) is 1.